The number of H-pyrrole nitrogens is 1. The summed E-state index contributed by atoms with van der Waals surface area (Å²) in [6.45, 7) is 3.98. The van der Waals surface area contributed by atoms with Gasteiger partial charge in [-0.1, -0.05) is 11.6 Å². The Labute approximate surface area is 135 Å². The second-order valence-electron chi connectivity index (χ2n) is 4.72. The molecular weight excluding hydrogens is 324 g/mol. The van der Waals surface area contributed by atoms with Gasteiger partial charge in [0.1, 0.15) is 10.7 Å². The minimum Gasteiger partial charge on any atom is -0.309 e. The molecule has 0 unspecified atom stereocenters. The molecule has 3 rings (SSSR count). The quantitative estimate of drug-likeness (QED) is 0.714. The van der Waals surface area contributed by atoms with E-state index in [1.807, 2.05) is 38.1 Å². The lowest BCUT2D eigenvalue weighted by atomic mass is 10.2. The highest BCUT2D eigenvalue weighted by Crippen LogP contribution is 2.27. The van der Waals surface area contributed by atoms with Gasteiger partial charge in [-0.25, -0.2) is 4.98 Å². The zero-order chi connectivity index (χ0) is 15.0. The number of hydrogen-bond donors (Lipinski definition) is 1. The topological polar surface area (TPSA) is 45.8 Å². The maximum absolute atomic E-state index is 12.2. The van der Waals surface area contributed by atoms with Gasteiger partial charge in [-0.3, -0.25) is 4.79 Å². The van der Waals surface area contributed by atoms with E-state index < -0.39 is 0 Å². The fourth-order valence-corrected chi connectivity index (χ4v) is 3.99. The molecule has 1 N–H and O–H groups in total. The van der Waals surface area contributed by atoms with Gasteiger partial charge in [-0.15, -0.1) is 23.1 Å². The molecule has 3 aromatic rings. The van der Waals surface area contributed by atoms with Crippen LogP contribution in [0.4, 0.5) is 0 Å². The molecule has 0 atom stereocenters. The van der Waals surface area contributed by atoms with Gasteiger partial charge in [0, 0.05) is 14.8 Å². The highest BCUT2D eigenvalue weighted by molar-refractivity contribution is 7.98. The number of fused-ring (bicyclic) bond motifs is 1. The van der Waals surface area contributed by atoms with E-state index in [9.17, 15) is 4.79 Å². The lowest BCUT2D eigenvalue weighted by Crippen LogP contribution is -2.10. The fourth-order valence-electron chi connectivity index (χ4n) is 2.05. The molecule has 0 aliphatic heterocycles. The first-order valence-corrected chi connectivity index (χ1v) is 8.60. The summed E-state index contributed by atoms with van der Waals surface area (Å²) in [4.78, 5) is 22.7. The third-order valence-corrected chi connectivity index (χ3v) is 5.65. The van der Waals surface area contributed by atoms with Crippen LogP contribution in [0.5, 0.6) is 0 Å². The van der Waals surface area contributed by atoms with Crippen LogP contribution in [0.15, 0.2) is 34.0 Å². The Bertz CT molecular complexity index is 852. The standard InChI is InChI=1S/C15H13ClN2OS2/c1-8-9(2)21-15-13(8)14(19)17-12(18-15)7-20-11-5-3-10(16)4-6-11/h3-6H,7H2,1-2H3,(H,17,18,19). The summed E-state index contributed by atoms with van der Waals surface area (Å²) < 4.78 is 0. The number of hydrogen-bond acceptors (Lipinski definition) is 4. The lowest BCUT2D eigenvalue weighted by Gasteiger charge is -2.02. The number of nitrogens with one attached hydrogen (secondary N) is 1. The summed E-state index contributed by atoms with van der Waals surface area (Å²) in [5.41, 5.74) is 0.981. The Hall–Kier alpha value is -1.30. The van der Waals surface area contributed by atoms with Crippen LogP contribution < -0.4 is 5.56 Å². The Kier molecular flexibility index (Phi) is 4.06. The molecule has 0 amide bonds. The zero-order valence-corrected chi connectivity index (χ0v) is 14.0. The molecule has 0 fully saturated rings. The number of aromatic amines is 1. The van der Waals surface area contributed by atoms with E-state index in [2.05, 4.69) is 9.97 Å². The first kappa shape index (κ1) is 14.6. The van der Waals surface area contributed by atoms with E-state index in [0.29, 0.717) is 11.6 Å². The molecule has 0 spiro atoms. The largest absolute Gasteiger partial charge is 0.309 e. The van der Waals surface area contributed by atoms with Gasteiger partial charge in [0.25, 0.3) is 5.56 Å². The van der Waals surface area contributed by atoms with E-state index in [0.717, 1.165) is 30.6 Å². The predicted molar refractivity (Wildman–Crippen MR) is 90.7 cm³/mol. The number of aromatic nitrogens is 2. The summed E-state index contributed by atoms with van der Waals surface area (Å²) in [5, 5.41) is 1.44. The molecule has 0 bridgehead atoms. The summed E-state index contributed by atoms with van der Waals surface area (Å²) in [7, 11) is 0. The lowest BCUT2D eigenvalue weighted by molar-refractivity contribution is 1.04. The van der Waals surface area contributed by atoms with Crippen LogP contribution in [0.25, 0.3) is 10.2 Å². The van der Waals surface area contributed by atoms with Crippen LogP contribution >= 0.6 is 34.7 Å². The highest BCUT2D eigenvalue weighted by atomic mass is 35.5. The van der Waals surface area contributed by atoms with Crippen molar-refractivity contribution in [2.45, 2.75) is 24.5 Å². The summed E-state index contributed by atoms with van der Waals surface area (Å²) >= 11 is 9.06. The summed E-state index contributed by atoms with van der Waals surface area (Å²) in [5.74, 6) is 1.33. The van der Waals surface area contributed by atoms with Crippen LogP contribution in [0, 0.1) is 13.8 Å². The smallest absolute Gasteiger partial charge is 0.259 e. The van der Waals surface area contributed by atoms with Crippen molar-refractivity contribution in [2.24, 2.45) is 0 Å². The van der Waals surface area contributed by atoms with E-state index in [-0.39, 0.29) is 5.56 Å². The third kappa shape index (κ3) is 3.00. The third-order valence-electron chi connectivity index (χ3n) is 3.28. The van der Waals surface area contributed by atoms with Gasteiger partial charge >= 0.3 is 0 Å². The van der Waals surface area contributed by atoms with Crippen molar-refractivity contribution in [3.63, 3.8) is 0 Å². The summed E-state index contributed by atoms with van der Waals surface area (Å²) in [6.07, 6.45) is 0. The molecule has 0 radical (unpaired) electrons. The SMILES string of the molecule is Cc1sc2nc(CSc3ccc(Cl)cc3)[nH]c(=O)c2c1C. The number of nitrogens with zero attached hydrogens (tertiary/aromatic N) is 1. The molecule has 2 aromatic heterocycles. The van der Waals surface area contributed by atoms with Crippen molar-refractivity contribution < 1.29 is 0 Å². The number of aryl methyl sites for hydroxylation is 2. The molecule has 0 saturated carbocycles. The van der Waals surface area contributed by atoms with Gasteiger partial charge < -0.3 is 4.98 Å². The molecule has 21 heavy (non-hydrogen) atoms. The maximum atomic E-state index is 12.2. The van der Waals surface area contributed by atoms with Crippen molar-refractivity contribution in [1.29, 1.82) is 0 Å². The molecule has 6 heteroatoms. The second kappa shape index (κ2) is 5.83. The van der Waals surface area contributed by atoms with E-state index in [1.165, 1.54) is 0 Å². The highest BCUT2D eigenvalue weighted by Gasteiger charge is 2.11. The van der Waals surface area contributed by atoms with Crippen molar-refractivity contribution >= 4 is 44.9 Å². The molecule has 0 aliphatic rings. The van der Waals surface area contributed by atoms with Crippen molar-refractivity contribution in [3.05, 3.63) is 55.9 Å². The summed E-state index contributed by atoms with van der Waals surface area (Å²) in [6, 6.07) is 7.64. The number of thioether (sulfide) groups is 1. The predicted octanol–water partition coefficient (Wildman–Crippen LogP) is 4.55. The molecular formula is C15H13ClN2OS2. The van der Waals surface area contributed by atoms with Gasteiger partial charge in [0.15, 0.2) is 0 Å². The Balaban J connectivity index is 1.88. The normalized spacial score (nSPS) is 11.2. The Morgan fingerprint density at radius 3 is 2.71 bits per heavy atom. The van der Waals surface area contributed by atoms with Crippen LogP contribution in [-0.2, 0) is 5.75 Å². The van der Waals surface area contributed by atoms with E-state index in [1.54, 1.807) is 23.1 Å². The number of thiophene rings is 1. The number of rotatable bonds is 3. The van der Waals surface area contributed by atoms with Crippen LogP contribution in [0.3, 0.4) is 0 Å². The molecule has 2 heterocycles. The molecule has 108 valence electrons. The van der Waals surface area contributed by atoms with Crippen LogP contribution in [-0.4, -0.2) is 9.97 Å². The molecule has 1 aromatic carbocycles. The first-order valence-electron chi connectivity index (χ1n) is 6.42. The number of halogens is 1. The van der Waals surface area contributed by atoms with Crippen molar-refractivity contribution in [3.8, 4) is 0 Å². The average molecular weight is 337 g/mol. The van der Waals surface area contributed by atoms with E-state index >= 15 is 0 Å². The van der Waals surface area contributed by atoms with Gasteiger partial charge in [0.05, 0.1) is 11.1 Å². The molecule has 3 nitrogen and oxygen atoms in total. The van der Waals surface area contributed by atoms with Crippen LogP contribution in [0.1, 0.15) is 16.3 Å². The first-order chi connectivity index (χ1) is 10.0. The van der Waals surface area contributed by atoms with Crippen molar-refractivity contribution in [1.82, 2.24) is 9.97 Å². The minimum atomic E-state index is -0.0476. The molecule has 0 saturated heterocycles. The average Bonchev–Trinajstić information content (AvgIpc) is 2.74. The maximum Gasteiger partial charge on any atom is 0.259 e. The Morgan fingerprint density at radius 1 is 1.29 bits per heavy atom. The van der Waals surface area contributed by atoms with E-state index in [4.69, 9.17) is 11.6 Å². The zero-order valence-electron chi connectivity index (χ0n) is 11.6. The minimum absolute atomic E-state index is 0.0476. The molecule has 0 aliphatic carbocycles. The number of benzene rings is 1. The van der Waals surface area contributed by atoms with Gasteiger partial charge in [-0.05, 0) is 43.7 Å². The van der Waals surface area contributed by atoms with Gasteiger partial charge in [0.2, 0.25) is 0 Å². The van der Waals surface area contributed by atoms with Crippen LogP contribution in [0.2, 0.25) is 5.02 Å². The Morgan fingerprint density at radius 2 is 2.00 bits per heavy atom. The monoisotopic (exact) mass is 336 g/mol. The fraction of sp³-hybridized carbons (Fsp3) is 0.200. The second-order valence-corrected chi connectivity index (χ2v) is 7.41. The van der Waals surface area contributed by atoms with Gasteiger partial charge in [-0.2, -0.15) is 0 Å². The van der Waals surface area contributed by atoms with Crippen molar-refractivity contribution in [2.75, 3.05) is 0 Å².